The van der Waals surface area contributed by atoms with Gasteiger partial charge in [0.2, 0.25) is 5.16 Å². The van der Waals surface area contributed by atoms with Crippen LogP contribution in [0.25, 0.3) is 5.69 Å². The summed E-state index contributed by atoms with van der Waals surface area (Å²) in [6, 6.07) is 8.07. The number of aryl methyl sites for hydroxylation is 1. The summed E-state index contributed by atoms with van der Waals surface area (Å²) in [5.74, 6) is 0.742. The Morgan fingerprint density at radius 3 is 2.76 bits per heavy atom. The number of tetrazole rings is 1. The molecule has 4 nitrogen and oxygen atoms in total. The van der Waals surface area contributed by atoms with E-state index in [2.05, 4.69) is 38.0 Å². The van der Waals surface area contributed by atoms with E-state index in [1.54, 1.807) is 16.4 Å². The van der Waals surface area contributed by atoms with E-state index in [0.717, 1.165) is 21.1 Å². The number of aromatic nitrogens is 4. The number of thioether (sulfide) groups is 1. The fourth-order valence-corrected chi connectivity index (χ4v) is 2.25. The van der Waals surface area contributed by atoms with Crippen LogP contribution in [0.15, 0.2) is 40.5 Å². The first-order valence-electron chi connectivity index (χ1n) is 4.98. The molecule has 0 bridgehead atoms. The minimum atomic E-state index is 0.742. The lowest BCUT2D eigenvalue weighted by Gasteiger charge is -2.03. The van der Waals surface area contributed by atoms with Crippen molar-refractivity contribution in [1.82, 2.24) is 20.2 Å². The molecule has 0 radical (unpaired) electrons. The van der Waals surface area contributed by atoms with E-state index >= 15 is 0 Å². The van der Waals surface area contributed by atoms with Crippen LogP contribution in [0.2, 0.25) is 0 Å². The molecular formula is C11H11BrN4S. The summed E-state index contributed by atoms with van der Waals surface area (Å²) in [4.78, 5) is 0. The molecule has 0 aliphatic carbocycles. The van der Waals surface area contributed by atoms with Gasteiger partial charge in [-0.15, -0.1) is 5.10 Å². The van der Waals surface area contributed by atoms with Gasteiger partial charge in [-0.2, -0.15) is 4.68 Å². The number of hydrogen-bond donors (Lipinski definition) is 0. The highest BCUT2D eigenvalue weighted by molar-refractivity contribution is 9.11. The van der Waals surface area contributed by atoms with E-state index < -0.39 is 0 Å². The van der Waals surface area contributed by atoms with Crippen LogP contribution in [0, 0.1) is 6.92 Å². The molecule has 1 aromatic carbocycles. The summed E-state index contributed by atoms with van der Waals surface area (Å²) in [6.45, 7) is 5.84. The molecule has 0 saturated carbocycles. The number of nitrogens with zero attached hydrogens (tertiary/aromatic N) is 4. The topological polar surface area (TPSA) is 43.6 Å². The zero-order chi connectivity index (χ0) is 12.3. The molecule has 0 N–H and O–H groups in total. The van der Waals surface area contributed by atoms with Crippen LogP contribution in [0.4, 0.5) is 0 Å². The van der Waals surface area contributed by atoms with Gasteiger partial charge in [-0.1, -0.05) is 52.0 Å². The van der Waals surface area contributed by atoms with Crippen molar-refractivity contribution < 1.29 is 0 Å². The van der Waals surface area contributed by atoms with Crippen LogP contribution in [-0.4, -0.2) is 26.0 Å². The van der Waals surface area contributed by atoms with Crippen molar-refractivity contribution in [3.05, 3.63) is 40.9 Å². The van der Waals surface area contributed by atoms with Gasteiger partial charge < -0.3 is 0 Å². The Hall–Kier alpha value is -1.14. The second-order valence-electron chi connectivity index (χ2n) is 3.51. The summed E-state index contributed by atoms with van der Waals surface area (Å²) in [5.41, 5.74) is 2.17. The Morgan fingerprint density at radius 1 is 1.41 bits per heavy atom. The zero-order valence-electron chi connectivity index (χ0n) is 9.30. The fourth-order valence-electron chi connectivity index (χ4n) is 1.26. The Morgan fingerprint density at radius 2 is 2.12 bits per heavy atom. The van der Waals surface area contributed by atoms with Crippen LogP contribution in [0.5, 0.6) is 0 Å². The molecule has 2 rings (SSSR count). The molecule has 0 amide bonds. The Kier molecular flexibility index (Phi) is 3.96. The average molecular weight is 311 g/mol. The largest absolute Gasteiger partial charge is 0.214 e. The van der Waals surface area contributed by atoms with E-state index in [4.69, 9.17) is 0 Å². The second-order valence-corrected chi connectivity index (χ2v) is 5.58. The molecule has 88 valence electrons. The molecule has 0 spiro atoms. The summed E-state index contributed by atoms with van der Waals surface area (Å²) in [7, 11) is 0. The van der Waals surface area contributed by atoms with Crippen LogP contribution in [-0.2, 0) is 0 Å². The lowest BCUT2D eigenvalue weighted by molar-refractivity contribution is 0.756. The van der Waals surface area contributed by atoms with E-state index in [-0.39, 0.29) is 0 Å². The van der Waals surface area contributed by atoms with Gasteiger partial charge in [0.1, 0.15) is 0 Å². The molecule has 0 unspecified atom stereocenters. The van der Waals surface area contributed by atoms with Crippen LogP contribution in [0.1, 0.15) is 5.56 Å². The Labute approximate surface area is 112 Å². The quantitative estimate of drug-likeness (QED) is 0.814. The first-order chi connectivity index (χ1) is 8.16. The van der Waals surface area contributed by atoms with Gasteiger partial charge in [0.25, 0.3) is 0 Å². The van der Waals surface area contributed by atoms with Crippen LogP contribution in [0.3, 0.4) is 0 Å². The van der Waals surface area contributed by atoms with Gasteiger partial charge in [-0.25, -0.2) is 0 Å². The maximum absolute atomic E-state index is 3.99. The number of halogens is 1. The van der Waals surface area contributed by atoms with Gasteiger partial charge in [-0.3, -0.25) is 0 Å². The summed E-state index contributed by atoms with van der Waals surface area (Å²) >= 11 is 4.86. The SMILES string of the molecule is C=C(Br)CSc1nnnn1-c1ccc(C)cc1. The lowest BCUT2D eigenvalue weighted by Crippen LogP contribution is -1.99. The number of benzene rings is 1. The zero-order valence-corrected chi connectivity index (χ0v) is 11.7. The van der Waals surface area contributed by atoms with Gasteiger partial charge in [-0.05, 0) is 34.0 Å². The summed E-state index contributed by atoms with van der Waals surface area (Å²) in [6.07, 6.45) is 0. The molecule has 0 fully saturated rings. The highest BCUT2D eigenvalue weighted by atomic mass is 79.9. The van der Waals surface area contributed by atoms with Crippen molar-refractivity contribution in [1.29, 1.82) is 0 Å². The molecule has 0 aliphatic rings. The monoisotopic (exact) mass is 310 g/mol. The molecular weight excluding hydrogens is 300 g/mol. The van der Waals surface area contributed by atoms with Gasteiger partial charge in [0, 0.05) is 5.75 Å². The van der Waals surface area contributed by atoms with Crippen molar-refractivity contribution >= 4 is 27.7 Å². The van der Waals surface area contributed by atoms with E-state index in [9.17, 15) is 0 Å². The summed E-state index contributed by atoms with van der Waals surface area (Å²) in [5, 5.41) is 12.4. The third kappa shape index (κ3) is 3.17. The minimum Gasteiger partial charge on any atom is -0.188 e. The summed E-state index contributed by atoms with van der Waals surface area (Å²) < 4.78 is 2.64. The van der Waals surface area contributed by atoms with Crippen molar-refractivity contribution in [2.75, 3.05) is 5.75 Å². The molecule has 2 aromatic rings. The first-order valence-corrected chi connectivity index (χ1v) is 6.76. The highest BCUT2D eigenvalue weighted by Crippen LogP contribution is 2.21. The first kappa shape index (κ1) is 12.3. The fraction of sp³-hybridized carbons (Fsp3) is 0.182. The standard InChI is InChI=1S/C11H11BrN4S/c1-8-3-5-10(6-4-8)16-11(13-14-15-16)17-7-9(2)12/h3-6H,2,7H2,1H3. The normalized spacial score (nSPS) is 10.5. The average Bonchev–Trinajstić information content (AvgIpc) is 2.75. The third-order valence-electron chi connectivity index (χ3n) is 2.08. The van der Waals surface area contributed by atoms with Gasteiger partial charge >= 0.3 is 0 Å². The van der Waals surface area contributed by atoms with Gasteiger partial charge in [0.15, 0.2) is 0 Å². The molecule has 1 heterocycles. The van der Waals surface area contributed by atoms with Crippen LogP contribution >= 0.6 is 27.7 Å². The van der Waals surface area contributed by atoms with Crippen molar-refractivity contribution in [2.45, 2.75) is 12.1 Å². The molecule has 0 aliphatic heterocycles. The molecule has 0 atom stereocenters. The van der Waals surface area contributed by atoms with E-state index in [1.807, 2.05) is 31.2 Å². The smallest absolute Gasteiger partial charge is 0.188 e. The number of hydrogen-bond acceptors (Lipinski definition) is 4. The molecule has 1 aromatic heterocycles. The molecule has 6 heteroatoms. The van der Waals surface area contributed by atoms with Crippen LogP contribution < -0.4 is 0 Å². The molecule has 0 saturated heterocycles. The van der Waals surface area contributed by atoms with Gasteiger partial charge in [0.05, 0.1) is 5.69 Å². The lowest BCUT2D eigenvalue weighted by atomic mass is 10.2. The minimum absolute atomic E-state index is 0.742. The van der Waals surface area contributed by atoms with E-state index in [1.165, 1.54) is 5.56 Å². The predicted octanol–water partition coefficient (Wildman–Crippen LogP) is 2.97. The van der Waals surface area contributed by atoms with Crippen molar-refractivity contribution in [3.63, 3.8) is 0 Å². The highest BCUT2D eigenvalue weighted by Gasteiger charge is 2.08. The van der Waals surface area contributed by atoms with E-state index in [0.29, 0.717) is 0 Å². The maximum Gasteiger partial charge on any atom is 0.214 e. The maximum atomic E-state index is 3.99. The van der Waals surface area contributed by atoms with Crippen molar-refractivity contribution in [3.8, 4) is 5.69 Å². The second kappa shape index (κ2) is 5.46. The number of rotatable bonds is 4. The third-order valence-corrected chi connectivity index (χ3v) is 3.73. The predicted molar refractivity (Wildman–Crippen MR) is 72.7 cm³/mol. The Bertz CT molecular complexity index is 521. The Balaban J connectivity index is 2.24. The van der Waals surface area contributed by atoms with Crippen molar-refractivity contribution in [2.24, 2.45) is 0 Å². The molecule has 17 heavy (non-hydrogen) atoms.